The Bertz CT molecular complexity index is 650. The lowest BCUT2D eigenvalue weighted by atomic mass is 10.3. The average molecular weight is 287 g/mol. The van der Waals surface area contributed by atoms with Gasteiger partial charge in [-0.15, -0.1) is 10.2 Å². The summed E-state index contributed by atoms with van der Waals surface area (Å²) in [5.74, 6) is 0. The highest BCUT2D eigenvalue weighted by atomic mass is 32.1. The zero-order valence-corrected chi connectivity index (χ0v) is 11.7. The van der Waals surface area contributed by atoms with E-state index in [0.717, 1.165) is 22.4 Å². The van der Waals surface area contributed by atoms with E-state index in [1.54, 1.807) is 17.2 Å². The first kappa shape index (κ1) is 12.7. The number of pyridine rings is 1. The molecule has 0 aliphatic heterocycles. The molecule has 7 nitrogen and oxygen atoms in total. The predicted octanol–water partition coefficient (Wildman–Crippen LogP) is 1.69. The van der Waals surface area contributed by atoms with Crippen molar-refractivity contribution in [2.75, 3.05) is 5.32 Å². The van der Waals surface area contributed by atoms with Gasteiger partial charge in [0, 0.05) is 12.2 Å². The van der Waals surface area contributed by atoms with Crippen molar-refractivity contribution >= 4 is 16.5 Å². The number of nitrogens with one attached hydrogen (secondary N) is 1. The molecule has 0 aromatic carbocycles. The Hall–Kier alpha value is -2.35. The minimum absolute atomic E-state index is 0.182. The molecule has 1 atom stereocenters. The minimum Gasteiger partial charge on any atom is -0.356 e. The first-order chi connectivity index (χ1) is 9.81. The summed E-state index contributed by atoms with van der Waals surface area (Å²) in [6.07, 6.45) is 4.96. The van der Waals surface area contributed by atoms with Gasteiger partial charge in [0.15, 0.2) is 5.01 Å². The molecule has 0 spiro atoms. The molecule has 0 aliphatic carbocycles. The zero-order chi connectivity index (χ0) is 13.8. The van der Waals surface area contributed by atoms with Crippen LogP contribution in [0.3, 0.4) is 0 Å². The van der Waals surface area contributed by atoms with Crippen LogP contribution in [-0.4, -0.2) is 36.0 Å². The summed E-state index contributed by atoms with van der Waals surface area (Å²) in [6, 6.07) is 5.92. The van der Waals surface area contributed by atoms with E-state index in [2.05, 4.69) is 37.5 Å². The third-order valence-corrected chi connectivity index (χ3v) is 3.48. The van der Waals surface area contributed by atoms with E-state index in [9.17, 15) is 0 Å². The second-order valence-electron chi connectivity index (χ2n) is 4.29. The van der Waals surface area contributed by atoms with E-state index in [4.69, 9.17) is 0 Å². The van der Waals surface area contributed by atoms with Gasteiger partial charge >= 0.3 is 0 Å². The summed E-state index contributed by atoms with van der Waals surface area (Å²) in [7, 11) is 0. The van der Waals surface area contributed by atoms with Gasteiger partial charge in [0.1, 0.15) is 18.3 Å². The van der Waals surface area contributed by atoms with E-state index in [1.165, 1.54) is 17.7 Å². The topological polar surface area (TPSA) is 81.4 Å². The molecule has 3 aromatic heterocycles. The van der Waals surface area contributed by atoms with Gasteiger partial charge in [-0.05, 0) is 19.1 Å². The first-order valence-electron chi connectivity index (χ1n) is 6.15. The fourth-order valence-electron chi connectivity index (χ4n) is 1.74. The van der Waals surface area contributed by atoms with Crippen molar-refractivity contribution in [3.05, 3.63) is 37.1 Å². The average Bonchev–Trinajstić information content (AvgIpc) is 3.11. The first-order valence-corrected chi connectivity index (χ1v) is 6.97. The molecule has 102 valence electrons. The maximum atomic E-state index is 4.26. The molecule has 0 fully saturated rings. The van der Waals surface area contributed by atoms with Crippen molar-refractivity contribution in [3.8, 4) is 10.7 Å². The van der Waals surface area contributed by atoms with Crippen molar-refractivity contribution in [1.82, 2.24) is 29.9 Å². The van der Waals surface area contributed by atoms with E-state index in [1.807, 2.05) is 18.2 Å². The van der Waals surface area contributed by atoms with E-state index >= 15 is 0 Å². The lowest BCUT2D eigenvalue weighted by Crippen LogP contribution is -2.22. The summed E-state index contributed by atoms with van der Waals surface area (Å²) in [6.45, 7) is 2.78. The van der Waals surface area contributed by atoms with E-state index in [0.29, 0.717) is 0 Å². The fraction of sp³-hybridized carbons (Fsp3) is 0.250. The van der Waals surface area contributed by atoms with Crippen LogP contribution in [0.2, 0.25) is 0 Å². The van der Waals surface area contributed by atoms with Crippen LogP contribution in [0.25, 0.3) is 10.7 Å². The number of hydrogen-bond acceptors (Lipinski definition) is 7. The molecule has 3 rings (SSSR count). The Morgan fingerprint density at radius 2 is 2.30 bits per heavy atom. The van der Waals surface area contributed by atoms with E-state index < -0.39 is 0 Å². The van der Waals surface area contributed by atoms with Crippen LogP contribution in [-0.2, 0) is 6.54 Å². The van der Waals surface area contributed by atoms with Crippen LogP contribution in [0.1, 0.15) is 6.92 Å². The highest BCUT2D eigenvalue weighted by Gasteiger charge is 2.10. The molecule has 20 heavy (non-hydrogen) atoms. The van der Waals surface area contributed by atoms with Gasteiger partial charge in [-0.2, -0.15) is 5.10 Å². The molecule has 3 heterocycles. The molecule has 1 N–H and O–H groups in total. The molecule has 8 heteroatoms. The smallest absolute Gasteiger partial charge is 0.206 e. The quantitative estimate of drug-likeness (QED) is 0.769. The Morgan fingerprint density at radius 3 is 3.05 bits per heavy atom. The highest BCUT2D eigenvalue weighted by Crippen LogP contribution is 2.24. The third-order valence-electron chi connectivity index (χ3n) is 2.61. The van der Waals surface area contributed by atoms with Gasteiger partial charge in [-0.25, -0.2) is 4.98 Å². The zero-order valence-electron chi connectivity index (χ0n) is 10.8. The number of nitrogens with zero attached hydrogens (tertiary/aromatic N) is 6. The van der Waals surface area contributed by atoms with Crippen LogP contribution in [0.5, 0.6) is 0 Å². The molecule has 0 bridgehead atoms. The number of rotatable bonds is 5. The van der Waals surface area contributed by atoms with Gasteiger partial charge in [0.25, 0.3) is 0 Å². The van der Waals surface area contributed by atoms with Crippen molar-refractivity contribution in [3.63, 3.8) is 0 Å². The Balaban J connectivity index is 1.65. The second kappa shape index (κ2) is 5.74. The largest absolute Gasteiger partial charge is 0.356 e. The Labute approximate surface area is 119 Å². The molecular formula is C12H13N7S. The minimum atomic E-state index is 0.182. The van der Waals surface area contributed by atoms with Crippen LogP contribution < -0.4 is 5.32 Å². The highest BCUT2D eigenvalue weighted by molar-refractivity contribution is 7.18. The molecule has 0 aliphatic rings. The van der Waals surface area contributed by atoms with Crippen LogP contribution in [0.4, 0.5) is 5.13 Å². The fourth-order valence-corrected chi connectivity index (χ4v) is 2.57. The summed E-state index contributed by atoms with van der Waals surface area (Å²) < 4.78 is 1.78. The monoisotopic (exact) mass is 287 g/mol. The number of aromatic nitrogens is 6. The van der Waals surface area contributed by atoms with Crippen molar-refractivity contribution in [2.45, 2.75) is 19.5 Å². The molecule has 0 saturated heterocycles. The van der Waals surface area contributed by atoms with Gasteiger partial charge in [-0.1, -0.05) is 17.4 Å². The number of hydrogen-bond donors (Lipinski definition) is 1. The van der Waals surface area contributed by atoms with Gasteiger partial charge in [0.05, 0.1) is 6.54 Å². The standard InChI is InChI=1S/C12H13N7S/c1-9(6-19-8-13-7-15-19)16-12-18-17-11(20-12)10-4-2-3-5-14-10/h2-5,7-9H,6H2,1H3,(H,16,18). The van der Waals surface area contributed by atoms with Gasteiger partial charge in [0.2, 0.25) is 5.13 Å². The number of anilines is 1. The maximum absolute atomic E-state index is 4.26. The molecule has 0 saturated carbocycles. The van der Waals surface area contributed by atoms with Gasteiger partial charge < -0.3 is 5.32 Å². The molecular weight excluding hydrogens is 274 g/mol. The second-order valence-corrected chi connectivity index (χ2v) is 5.27. The lowest BCUT2D eigenvalue weighted by Gasteiger charge is -2.11. The SMILES string of the molecule is CC(Cn1cncn1)Nc1nnc(-c2ccccn2)s1. The van der Waals surface area contributed by atoms with E-state index in [-0.39, 0.29) is 6.04 Å². The van der Waals surface area contributed by atoms with Crippen molar-refractivity contribution in [1.29, 1.82) is 0 Å². The van der Waals surface area contributed by atoms with Crippen LogP contribution in [0.15, 0.2) is 37.1 Å². The third kappa shape index (κ3) is 2.97. The van der Waals surface area contributed by atoms with Crippen molar-refractivity contribution in [2.24, 2.45) is 0 Å². The van der Waals surface area contributed by atoms with Crippen LogP contribution in [0, 0.1) is 0 Å². The molecule has 1 unspecified atom stereocenters. The predicted molar refractivity (Wildman–Crippen MR) is 76.2 cm³/mol. The molecule has 3 aromatic rings. The van der Waals surface area contributed by atoms with Crippen LogP contribution >= 0.6 is 11.3 Å². The summed E-state index contributed by atoms with van der Waals surface area (Å²) >= 11 is 1.49. The summed E-state index contributed by atoms with van der Waals surface area (Å²) in [4.78, 5) is 8.18. The Morgan fingerprint density at radius 1 is 1.35 bits per heavy atom. The lowest BCUT2D eigenvalue weighted by molar-refractivity contribution is 0.559. The van der Waals surface area contributed by atoms with Crippen molar-refractivity contribution < 1.29 is 0 Å². The maximum Gasteiger partial charge on any atom is 0.206 e. The molecule has 0 amide bonds. The normalized spacial score (nSPS) is 12.2. The summed E-state index contributed by atoms with van der Waals surface area (Å²) in [5.41, 5.74) is 0.835. The Kier molecular flexibility index (Phi) is 3.64. The summed E-state index contributed by atoms with van der Waals surface area (Å²) in [5, 5.41) is 17.2. The molecule has 0 radical (unpaired) electrons. The van der Waals surface area contributed by atoms with Gasteiger partial charge in [-0.3, -0.25) is 9.67 Å².